The molecular formula is C12H14F3NO. The third-order valence-corrected chi connectivity index (χ3v) is 2.98. The van der Waals surface area contributed by atoms with Gasteiger partial charge in [-0.25, -0.2) is 0 Å². The van der Waals surface area contributed by atoms with Gasteiger partial charge in [0, 0.05) is 11.5 Å². The maximum atomic E-state index is 12.9. The Morgan fingerprint density at radius 3 is 2.76 bits per heavy atom. The van der Waals surface area contributed by atoms with E-state index in [1.54, 1.807) is 6.07 Å². The first-order chi connectivity index (χ1) is 8.04. The summed E-state index contributed by atoms with van der Waals surface area (Å²) in [6.45, 7) is 0.808. The summed E-state index contributed by atoms with van der Waals surface area (Å²) < 4.78 is 43.9. The van der Waals surface area contributed by atoms with Gasteiger partial charge in [0.15, 0.2) is 0 Å². The van der Waals surface area contributed by atoms with Crippen LogP contribution in [0.5, 0.6) is 5.75 Å². The van der Waals surface area contributed by atoms with Crippen LogP contribution in [0, 0.1) is 0 Å². The van der Waals surface area contributed by atoms with Crippen molar-refractivity contribution in [1.82, 2.24) is 0 Å². The van der Waals surface area contributed by atoms with E-state index < -0.39 is 11.7 Å². The fourth-order valence-electron chi connectivity index (χ4n) is 2.20. The predicted octanol–water partition coefficient (Wildman–Crippen LogP) is 2.92. The molecule has 0 amide bonds. The van der Waals surface area contributed by atoms with Crippen LogP contribution in [-0.2, 0) is 6.18 Å². The van der Waals surface area contributed by atoms with Crippen molar-refractivity contribution in [3.63, 3.8) is 0 Å². The van der Waals surface area contributed by atoms with Crippen LogP contribution in [0.3, 0.4) is 0 Å². The summed E-state index contributed by atoms with van der Waals surface area (Å²) in [5, 5.41) is 0. The third-order valence-electron chi connectivity index (χ3n) is 2.98. The Morgan fingerprint density at radius 2 is 2.12 bits per heavy atom. The SMILES string of the molecule is NCCCC1COc2cccc(C(F)(F)F)c21. The van der Waals surface area contributed by atoms with E-state index in [1.165, 1.54) is 6.07 Å². The minimum atomic E-state index is -4.32. The van der Waals surface area contributed by atoms with Gasteiger partial charge < -0.3 is 10.5 Å². The van der Waals surface area contributed by atoms with E-state index in [4.69, 9.17) is 10.5 Å². The van der Waals surface area contributed by atoms with Crippen LogP contribution >= 0.6 is 0 Å². The number of nitrogens with two attached hydrogens (primary N) is 1. The Labute approximate surface area is 97.6 Å². The van der Waals surface area contributed by atoms with Crippen molar-refractivity contribution in [3.05, 3.63) is 29.3 Å². The van der Waals surface area contributed by atoms with Gasteiger partial charge in [-0.3, -0.25) is 0 Å². The molecule has 2 nitrogen and oxygen atoms in total. The van der Waals surface area contributed by atoms with Crippen molar-refractivity contribution in [2.24, 2.45) is 5.73 Å². The zero-order chi connectivity index (χ0) is 12.5. The average molecular weight is 245 g/mol. The van der Waals surface area contributed by atoms with Crippen molar-refractivity contribution in [2.45, 2.75) is 24.9 Å². The first-order valence-corrected chi connectivity index (χ1v) is 5.57. The van der Waals surface area contributed by atoms with Crippen LogP contribution in [0.15, 0.2) is 18.2 Å². The summed E-state index contributed by atoms with van der Waals surface area (Å²) >= 11 is 0. The Kier molecular flexibility index (Phi) is 3.28. The number of benzene rings is 1. The molecule has 1 unspecified atom stereocenters. The summed E-state index contributed by atoms with van der Waals surface area (Å²) in [6.07, 6.45) is -2.98. The molecule has 0 spiro atoms. The highest BCUT2D eigenvalue weighted by Crippen LogP contribution is 2.44. The molecule has 1 aromatic rings. The monoisotopic (exact) mass is 245 g/mol. The van der Waals surface area contributed by atoms with Crippen LogP contribution in [0.1, 0.15) is 29.9 Å². The Hall–Kier alpha value is -1.23. The summed E-state index contributed by atoms with van der Waals surface area (Å²) in [6, 6.07) is 4.09. The minimum absolute atomic E-state index is 0.189. The van der Waals surface area contributed by atoms with Gasteiger partial charge in [-0.05, 0) is 31.5 Å². The number of hydrogen-bond donors (Lipinski definition) is 1. The first-order valence-electron chi connectivity index (χ1n) is 5.57. The molecule has 5 heteroatoms. The Bertz CT molecular complexity index is 403. The normalized spacial score (nSPS) is 18.9. The first kappa shape index (κ1) is 12.2. The van der Waals surface area contributed by atoms with Crippen molar-refractivity contribution < 1.29 is 17.9 Å². The number of ether oxygens (including phenoxy) is 1. The molecule has 94 valence electrons. The molecule has 1 atom stereocenters. The number of hydrogen-bond acceptors (Lipinski definition) is 2. The molecule has 0 saturated carbocycles. The highest BCUT2D eigenvalue weighted by molar-refractivity contribution is 5.47. The van der Waals surface area contributed by atoms with Crippen molar-refractivity contribution in [1.29, 1.82) is 0 Å². The lowest BCUT2D eigenvalue weighted by Crippen LogP contribution is -2.12. The maximum absolute atomic E-state index is 12.9. The molecule has 0 aromatic heterocycles. The van der Waals surface area contributed by atoms with E-state index in [0.29, 0.717) is 37.3 Å². The second-order valence-corrected chi connectivity index (χ2v) is 4.15. The van der Waals surface area contributed by atoms with E-state index in [9.17, 15) is 13.2 Å². The fourth-order valence-corrected chi connectivity index (χ4v) is 2.20. The largest absolute Gasteiger partial charge is 0.493 e. The number of fused-ring (bicyclic) bond motifs is 1. The third kappa shape index (κ3) is 2.39. The Balaban J connectivity index is 2.35. The fraction of sp³-hybridized carbons (Fsp3) is 0.500. The summed E-state index contributed by atoms with van der Waals surface area (Å²) in [5.41, 5.74) is 5.11. The van der Waals surface area contributed by atoms with Gasteiger partial charge in [-0.2, -0.15) is 13.2 Å². The van der Waals surface area contributed by atoms with Crippen molar-refractivity contribution in [2.75, 3.05) is 13.2 Å². The molecule has 0 saturated heterocycles. The Morgan fingerprint density at radius 1 is 1.35 bits per heavy atom. The van der Waals surface area contributed by atoms with E-state index in [-0.39, 0.29) is 5.92 Å². The van der Waals surface area contributed by atoms with Gasteiger partial charge in [0.1, 0.15) is 5.75 Å². The molecule has 0 bridgehead atoms. The van der Waals surface area contributed by atoms with Gasteiger partial charge in [0.25, 0.3) is 0 Å². The van der Waals surface area contributed by atoms with Gasteiger partial charge in [-0.15, -0.1) is 0 Å². The maximum Gasteiger partial charge on any atom is 0.416 e. The van der Waals surface area contributed by atoms with Gasteiger partial charge in [0.2, 0.25) is 0 Å². The van der Waals surface area contributed by atoms with E-state index in [0.717, 1.165) is 6.07 Å². The molecule has 0 fully saturated rings. The lowest BCUT2D eigenvalue weighted by molar-refractivity contribution is -0.138. The second-order valence-electron chi connectivity index (χ2n) is 4.15. The molecule has 17 heavy (non-hydrogen) atoms. The van der Waals surface area contributed by atoms with Gasteiger partial charge in [0.05, 0.1) is 12.2 Å². The highest BCUT2D eigenvalue weighted by Gasteiger charge is 2.39. The predicted molar refractivity (Wildman–Crippen MR) is 58.0 cm³/mol. The zero-order valence-corrected chi connectivity index (χ0v) is 9.26. The molecule has 2 N–H and O–H groups in total. The van der Waals surface area contributed by atoms with E-state index >= 15 is 0 Å². The minimum Gasteiger partial charge on any atom is -0.493 e. The molecular weight excluding hydrogens is 231 g/mol. The molecule has 1 aromatic carbocycles. The highest BCUT2D eigenvalue weighted by atomic mass is 19.4. The lowest BCUT2D eigenvalue weighted by Gasteiger charge is -2.15. The molecule has 0 radical (unpaired) electrons. The van der Waals surface area contributed by atoms with Crippen molar-refractivity contribution in [3.8, 4) is 5.75 Å². The number of rotatable bonds is 3. The quantitative estimate of drug-likeness (QED) is 0.888. The number of alkyl halides is 3. The second kappa shape index (κ2) is 4.56. The summed E-state index contributed by atoms with van der Waals surface area (Å²) in [4.78, 5) is 0. The van der Waals surface area contributed by atoms with E-state index in [2.05, 4.69) is 0 Å². The average Bonchev–Trinajstić information content (AvgIpc) is 2.68. The van der Waals surface area contributed by atoms with Crippen LogP contribution < -0.4 is 10.5 Å². The summed E-state index contributed by atoms with van der Waals surface area (Å²) in [5.74, 6) is 0.174. The molecule has 1 aliphatic heterocycles. The molecule has 1 heterocycles. The number of halogens is 3. The lowest BCUT2D eigenvalue weighted by atomic mass is 9.92. The van der Waals surface area contributed by atoms with E-state index in [1.807, 2.05) is 0 Å². The van der Waals surface area contributed by atoms with Gasteiger partial charge >= 0.3 is 6.18 Å². The van der Waals surface area contributed by atoms with Crippen LogP contribution in [0.4, 0.5) is 13.2 Å². The summed E-state index contributed by atoms with van der Waals surface area (Å²) in [7, 11) is 0. The standard InChI is InChI=1S/C12H14F3NO/c13-12(14,15)9-4-1-5-10-11(9)8(7-17-10)3-2-6-16/h1,4-5,8H,2-3,6-7,16H2. The molecule has 0 aliphatic carbocycles. The van der Waals surface area contributed by atoms with Gasteiger partial charge in [-0.1, -0.05) is 6.07 Å². The van der Waals surface area contributed by atoms with Crippen molar-refractivity contribution >= 4 is 0 Å². The molecule has 1 aliphatic rings. The molecule has 2 rings (SSSR count). The zero-order valence-electron chi connectivity index (χ0n) is 9.26. The van der Waals surface area contributed by atoms with Crippen LogP contribution in [-0.4, -0.2) is 13.2 Å². The van der Waals surface area contributed by atoms with Crippen LogP contribution in [0.25, 0.3) is 0 Å². The smallest absolute Gasteiger partial charge is 0.416 e. The topological polar surface area (TPSA) is 35.2 Å². The van der Waals surface area contributed by atoms with Crippen LogP contribution in [0.2, 0.25) is 0 Å².